The van der Waals surface area contributed by atoms with E-state index in [0.29, 0.717) is 31.5 Å². The number of aryl methyl sites for hydroxylation is 1. The highest BCUT2D eigenvalue weighted by Gasteiger charge is 2.20. The van der Waals surface area contributed by atoms with E-state index in [1.165, 1.54) is 24.3 Å². The fraction of sp³-hybridized carbons (Fsp3) is 0.440. The minimum absolute atomic E-state index is 0.0784. The number of benzene rings is 2. The van der Waals surface area contributed by atoms with Gasteiger partial charge in [0.1, 0.15) is 10.6 Å². The highest BCUT2D eigenvalue weighted by atomic mass is 32.2. The summed E-state index contributed by atoms with van der Waals surface area (Å²) in [6.45, 7) is 5.96. The largest absolute Gasteiger partial charge is 0.493 e. The van der Waals surface area contributed by atoms with Crippen LogP contribution in [0.2, 0.25) is 0 Å². The first kappa shape index (κ1) is 27.0. The summed E-state index contributed by atoms with van der Waals surface area (Å²) < 4.78 is 63.1. The van der Waals surface area contributed by atoms with Crippen LogP contribution < -0.4 is 14.6 Å². The normalized spacial score (nSPS) is 14.9. The lowest BCUT2D eigenvalue weighted by atomic mass is 10.0. The first-order chi connectivity index (χ1) is 16.5. The first-order valence-corrected chi connectivity index (χ1v) is 14.7. The molecule has 3 rings (SSSR count). The van der Waals surface area contributed by atoms with Crippen LogP contribution in [0.15, 0.2) is 47.4 Å². The van der Waals surface area contributed by atoms with E-state index in [2.05, 4.69) is 16.6 Å². The molecule has 1 saturated heterocycles. The standard InChI is InChI=1S/C25H32N2O6S2/c1-19(2)7-8-20-9-10-22(24(17-20)33-18-21-11-14-32-15-12-21)13-16-34(28,29)27-23-5-3-4-6-25(23)35(26,30)31/h3-6,9-10,17,19,21,27H,11-16,18H2,1-2H3,(H2,26,30,31). The summed E-state index contributed by atoms with van der Waals surface area (Å²) in [7, 11) is -7.95. The molecule has 1 aliphatic rings. The molecule has 2 aromatic carbocycles. The maximum Gasteiger partial charge on any atom is 0.240 e. The molecule has 2 aromatic rings. The summed E-state index contributed by atoms with van der Waals surface area (Å²) in [5.74, 6) is 7.19. The number of ether oxygens (including phenoxy) is 2. The Labute approximate surface area is 208 Å². The number of nitrogens with one attached hydrogen (secondary N) is 1. The second kappa shape index (κ2) is 11.9. The van der Waals surface area contributed by atoms with Gasteiger partial charge in [-0.05, 0) is 55.0 Å². The zero-order valence-electron chi connectivity index (χ0n) is 20.0. The molecule has 1 aliphatic heterocycles. The third-order valence-corrected chi connectivity index (χ3v) is 7.73. The van der Waals surface area contributed by atoms with Gasteiger partial charge in [-0.1, -0.05) is 43.9 Å². The zero-order chi connectivity index (χ0) is 25.5. The molecule has 35 heavy (non-hydrogen) atoms. The molecule has 0 amide bonds. The topological polar surface area (TPSA) is 125 Å². The van der Waals surface area contributed by atoms with Crippen LogP contribution in [0.3, 0.4) is 0 Å². The monoisotopic (exact) mass is 520 g/mol. The number of primary sulfonamides is 1. The van der Waals surface area contributed by atoms with Crippen LogP contribution in [0.4, 0.5) is 5.69 Å². The lowest BCUT2D eigenvalue weighted by molar-refractivity contribution is 0.0496. The zero-order valence-corrected chi connectivity index (χ0v) is 21.6. The van der Waals surface area contributed by atoms with Crippen LogP contribution in [0, 0.1) is 23.7 Å². The molecule has 0 bridgehead atoms. The number of anilines is 1. The molecule has 3 N–H and O–H groups in total. The van der Waals surface area contributed by atoms with Gasteiger partial charge in [0.05, 0.1) is 18.0 Å². The predicted octanol–water partition coefficient (Wildman–Crippen LogP) is 3.13. The minimum Gasteiger partial charge on any atom is -0.493 e. The molecule has 0 atom stereocenters. The smallest absolute Gasteiger partial charge is 0.240 e. The van der Waals surface area contributed by atoms with Gasteiger partial charge in [-0.3, -0.25) is 4.72 Å². The summed E-state index contributed by atoms with van der Waals surface area (Å²) in [4.78, 5) is -0.280. The van der Waals surface area contributed by atoms with Gasteiger partial charge < -0.3 is 9.47 Å². The second-order valence-electron chi connectivity index (χ2n) is 8.83. The number of hydrogen-bond acceptors (Lipinski definition) is 6. The third-order valence-electron chi connectivity index (χ3n) is 5.49. The lowest BCUT2D eigenvalue weighted by Crippen LogP contribution is -2.23. The van der Waals surface area contributed by atoms with E-state index in [0.717, 1.165) is 24.0 Å². The summed E-state index contributed by atoms with van der Waals surface area (Å²) in [6, 6.07) is 11.2. The Kier molecular flexibility index (Phi) is 9.19. The highest BCUT2D eigenvalue weighted by Crippen LogP contribution is 2.25. The Morgan fingerprint density at radius 1 is 1.11 bits per heavy atom. The van der Waals surface area contributed by atoms with Crippen LogP contribution in [-0.4, -0.2) is 42.4 Å². The van der Waals surface area contributed by atoms with Crippen LogP contribution in [-0.2, 0) is 31.2 Å². The number of hydrogen-bond donors (Lipinski definition) is 2. The van der Waals surface area contributed by atoms with E-state index in [-0.39, 0.29) is 28.7 Å². The average Bonchev–Trinajstić information content (AvgIpc) is 2.80. The SMILES string of the molecule is CC(C)C#Cc1ccc(CCS(=O)(=O)Nc2ccccc2S(N)(=O)=O)c(OCC2CCOCC2)c1. The molecule has 0 unspecified atom stereocenters. The molecule has 1 heterocycles. The highest BCUT2D eigenvalue weighted by molar-refractivity contribution is 7.93. The Morgan fingerprint density at radius 2 is 1.83 bits per heavy atom. The van der Waals surface area contributed by atoms with E-state index in [9.17, 15) is 16.8 Å². The van der Waals surface area contributed by atoms with Crippen LogP contribution in [0.25, 0.3) is 0 Å². The van der Waals surface area contributed by atoms with Crippen molar-refractivity contribution in [3.8, 4) is 17.6 Å². The van der Waals surface area contributed by atoms with Crippen molar-refractivity contribution >= 4 is 25.7 Å². The molecule has 190 valence electrons. The van der Waals surface area contributed by atoms with Crippen molar-refractivity contribution in [2.75, 3.05) is 30.3 Å². The Balaban J connectivity index is 1.77. The van der Waals surface area contributed by atoms with Gasteiger partial charge in [-0.15, -0.1) is 0 Å². The van der Waals surface area contributed by atoms with Crippen LogP contribution in [0.5, 0.6) is 5.75 Å². The van der Waals surface area contributed by atoms with Crippen molar-refractivity contribution in [3.05, 3.63) is 53.6 Å². The summed E-state index contributed by atoms with van der Waals surface area (Å²) in [5, 5.41) is 5.22. The molecule has 8 nitrogen and oxygen atoms in total. The summed E-state index contributed by atoms with van der Waals surface area (Å²) >= 11 is 0. The van der Waals surface area contributed by atoms with Crippen molar-refractivity contribution in [1.29, 1.82) is 0 Å². The summed E-state index contributed by atoms with van der Waals surface area (Å²) in [5.41, 5.74) is 1.45. The van der Waals surface area contributed by atoms with Crippen LogP contribution in [0.1, 0.15) is 37.8 Å². The predicted molar refractivity (Wildman–Crippen MR) is 136 cm³/mol. The number of nitrogens with two attached hydrogens (primary N) is 1. The molecule has 10 heteroatoms. The second-order valence-corrected chi connectivity index (χ2v) is 12.2. The molecule has 1 fully saturated rings. The molecule has 0 aromatic heterocycles. The Bertz CT molecular complexity index is 1290. The number of rotatable bonds is 9. The van der Waals surface area contributed by atoms with Gasteiger partial charge in [0, 0.05) is 24.7 Å². The van der Waals surface area contributed by atoms with E-state index in [4.69, 9.17) is 14.6 Å². The average molecular weight is 521 g/mol. The van der Waals surface area contributed by atoms with Crippen LogP contribution >= 0.6 is 0 Å². The molecule has 0 radical (unpaired) electrons. The molecular formula is C25H32N2O6S2. The Hall–Kier alpha value is -2.58. The first-order valence-electron chi connectivity index (χ1n) is 11.5. The van der Waals surface area contributed by atoms with Gasteiger partial charge in [0.15, 0.2) is 0 Å². The van der Waals surface area contributed by atoms with Gasteiger partial charge in [0.2, 0.25) is 20.0 Å². The van der Waals surface area contributed by atoms with E-state index >= 15 is 0 Å². The quantitative estimate of drug-likeness (QED) is 0.490. The van der Waals surface area contributed by atoms with E-state index in [1.807, 2.05) is 32.0 Å². The van der Waals surface area contributed by atoms with E-state index in [1.54, 1.807) is 0 Å². The maximum atomic E-state index is 12.8. The molecule has 0 aliphatic carbocycles. The third kappa shape index (κ3) is 8.54. The fourth-order valence-corrected chi connectivity index (χ4v) is 5.45. The van der Waals surface area contributed by atoms with Crippen molar-refractivity contribution in [2.45, 2.75) is 38.0 Å². The number of para-hydroxylation sites is 1. The molecular weight excluding hydrogens is 488 g/mol. The van der Waals surface area contributed by atoms with Gasteiger partial charge in [-0.2, -0.15) is 0 Å². The van der Waals surface area contributed by atoms with Crippen molar-refractivity contribution in [3.63, 3.8) is 0 Å². The molecule has 0 spiro atoms. The fourth-order valence-electron chi connectivity index (χ4n) is 3.58. The number of sulfonamides is 2. The minimum atomic E-state index is -4.08. The van der Waals surface area contributed by atoms with Crippen molar-refractivity contribution in [2.24, 2.45) is 17.0 Å². The van der Waals surface area contributed by atoms with Gasteiger partial charge in [-0.25, -0.2) is 22.0 Å². The maximum absolute atomic E-state index is 12.8. The van der Waals surface area contributed by atoms with Crippen molar-refractivity contribution in [1.82, 2.24) is 0 Å². The summed E-state index contributed by atoms with van der Waals surface area (Å²) in [6.07, 6.45) is 2.02. The lowest BCUT2D eigenvalue weighted by Gasteiger charge is -2.23. The van der Waals surface area contributed by atoms with E-state index < -0.39 is 20.0 Å². The van der Waals surface area contributed by atoms with Crippen molar-refractivity contribution < 1.29 is 26.3 Å². The van der Waals surface area contributed by atoms with Gasteiger partial charge >= 0.3 is 0 Å². The Morgan fingerprint density at radius 3 is 2.51 bits per heavy atom. The molecule has 0 saturated carbocycles. The van der Waals surface area contributed by atoms with Gasteiger partial charge in [0.25, 0.3) is 0 Å².